The van der Waals surface area contributed by atoms with E-state index < -0.39 is 0 Å². The minimum absolute atomic E-state index is 0.0377. The van der Waals surface area contributed by atoms with Crippen LogP contribution in [0.1, 0.15) is 56.6 Å². The van der Waals surface area contributed by atoms with Crippen LogP contribution in [-0.4, -0.2) is 10.9 Å². The number of ketones is 1. The lowest BCUT2D eigenvalue weighted by atomic mass is 9.95. The predicted molar refractivity (Wildman–Crippen MR) is 104 cm³/mol. The number of halogens is 1. The van der Waals surface area contributed by atoms with Gasteiger partial charge in [0.1, 0.15) is 5.75 Å². The summed E-state index contributed by atoms with van der Waals surface area (Å²) in [5, 5.41) is 9.96. The SMILES string of the molecule is Cc1cc(C(=O)C=Cc2sc(C)c3c2C[C@@H]2[C@H]3C2(C)C)cc(Cl)c1O. The number of fused-ring (bicyclic) bond motifs is 3. The van der Waals surface area contributed by atoms with Gasteiger partial charge < -0.3 is 5.11 Å². The number of phenolic OH excluding ortho intramolecular Hbond substituents is 1. The van der Waals surface area contributed by atoms with E-state index in [0.29, 0.717) is 22.5 Å². The van der Waals surface area contributed by atoms with Gasteiger partial charge in [0.05, 0.1) is 5.02 Å². The van der Waals surface area contributed by atoms with Crippen LogP contribution in [0, 0.1) is 25.2 Å². The maximum atomic E-state index is 12.5. The molecular formula is C21H21ClO2S. The second kappa shape index (κ2) is 5.46. The molecule has 0 amide bonds. The van der Waals surface area contributed by atoms with Gasteiger partial charge in [-0.15, -0.1) is 11.3 Å². The maximum absolute atomic E-state index is 12.5. The van der Waals surface area contributed by atoms with Crippen molar-refractivity contribution in [1.82, 2.24) is 0 Å². The van der Waals surface area contributed by atoms with Gasteiger partial charge >= 0.3 is 0 Å². The number of aryl methyl sites for hydroxylation is 2. The smallest absolute Gasteiger partial charge is 0.185 e. The van der Waals surface area contributed by atoms with Crippen LogP contribution < -0.4 is 0 Å². The van der Waals surface area contributed by atoms with E-state index in [1.165, 1.54) is 26.9 Å². The van der Waals surface area contributed by atoms with Crippen molar-refractivity contribution in [3.05, 3.63) is 55.2 Å². The molecule has 1 fully saturated rings. The van der Waals surface area contributed by atoms with Crippen LogP contribution in [0.25, 0.3) is 6.08 Å². The predicted octanol–water partition coefficient (Wildman–Crippen LogP) is 5.92. The van der Waals surface area contributed by atoms with Gasteiger partial charge in [-0.2, -0.15) is 0 Å². The highest BCUT2D eigenvalue weighted by Crippen LogP contribution is 2.71. The van der Waals surface area contributed by atoms with E-state index in [9.17, 15) is 9.90 Å². The molecule has 2 aliphatic rings. The first-order chi connectivity index (χ1) is 11.7. The Kier molecular flexibility index (Phi) is 3.68. The van der Waals surface area contributed by atoms with Crippen LogP contribution in [0.5, 0.6) is 5.75 Å². The molecule has 1 aromatic heterocycles. The molecule has 130 valence electrons. The van der Waals surface area contributed by atoms with E-state index in [1.54, 1.807) is 30.4 Å². The Labute approximate surface area is 157 Å². The van der Waals surface area contributed by atoms with Crippen molar-refractivity contribution in [3.63, 3.8) is 0 Å². The molecular weight excluding hydrogens is 352 g/mol. The average molecular weight is 373 g/mol. The number of allylic oxidation sites excluding steroid dienone is 1. The molecule has 1 N–H and O–H groups in total. The van der Waals surface area contributed by atoms with Crippen molar-refractivity contribution in [2.75, 3.05) is 0 Å². The highest BCUT2D eigenvalue weighted by atomic mass is 35.5. The van der Waals surface area contributed by atoms with Crippen LogP contribution >= 0.6 is 22.9 Å². The molecule has 25 heavy (non-hydrogen) atoms. The monoisotopic (exact) mass is 372 g/mol. The molecule has 2 atom stereocenters. The number of carbonyl (C=O) groups is 1. The fraction of sp³-hybridized carbons (Fsp3) is 0.381. The molecule has 4 rings (SSSR count). The van der Waals surface area contributed by atoms with Gasteiger partial charge in [-0.25, -0.2) is 0 Å². The summed E-state index contributed by atoms with van der Waals surface area (Å²) >= 11 is 7.77. The third kappa shape index (κ3) is 2.48. The van der Waals surface area contributed by atoms with Crippen LogP contribution in [0.15, 0.2) is 18.2 Å². The van der Waals surface area contributed by atoms with Gasteiger partial charge in [-0.1, -0.05) is 25.4 Å². The van der Waals surface area contributed by atoms with Gasteiger partial charge in [0, 0.05) is 15.3 Å². The maximum Gasteiger partial charge on any atom is 0.185 e. The lowest BCUT2D eigenvalue weighted by Crippen LogP contribution is -2.00. The van der Waals surface area contributed by atoms with E-state index in [-0.39, 0.29) is 16.6 Å². The number of hydrogen-bond acceptors (Lipinski definition) is 3. The lowest BCUT2D eigenvalue weighted by molar-refractivity contribution is 0.104. The van der Waals surface area contributed by atoms with E-state index in [1.807, 2.05) is 6.08 Å². The second-order valence-electron chi connectivity index (χ2n) is 7.85. The quantitative estimate of drug-likeness (QED) is 0.536. The summed E-state index contributed by atoms with van der Waals surface area (Å²) in [6, 6.07) is 3.20. The number of hydrogen-bond donors (Lipinski definition) is 1. The summed E-state index contributed by atoms with van der Waals surface area (Å²) < 4.78 is 0. The number of rotatable bonds is 3. The third-order valence-corrected chi connectivity index (χ3v) is 7.39. The van der Waals surface area contributed by atoms with Gasteiger partial charge in [0.15, 0.2) is 5.78 Å². The molecule has 0 spiro atoms. The van der Waals surface area contributed by atoms with Gasteiger partial charge in [0.25, 0.3) is 0 Å². The summed E-state index contributed by atoms with van der Waals surface area (Å²) in [4.78, 5) is 15.1. The summed E-state index contributed by atoms with van der Waals surface area (Å²) in [6.45, 7) is 8.66. The first kappa shape index (κ1) is 16.9. The molecule has 1 saturated carbocycles. The molecule has 4 heteroatoms. The Morgan fingerprint density at radius 1 is 1.36 bits per heavy atom. The number of carbonyl (C=O) groups excluding carboxylic acids is 1. The van der Waals surface area contributed by atoms with Gasteiger partial charge in [-0.3, -0.25) is 4.79 Å². The number of aromatic hydroxyl groups is 1. The van der Waals surface area contributed by atoms with Crippen molar-refractivity contribution in [1.29, 1.82) is 0 Å². The normalized spacial score (nSPS) is 22.9. The molecule has 1 aromatic carbocycles. The molecule has 0 bridgehead atoms. The zero-order valence-electron chi connectivity index (χ0n) is 14.8. The molecule has 0 radical (unpaired) electrons. The van der Waals surface area contributed by atoms with Crippen LogP contribution in [0.2, 0.25) is 5.02 Å². The molecule has 2 nitrogen and oxygen atoms in total. The summed E-state index contributed by atoms with van der Waals surface area (Å²) in [7, 11) is 0. The standard InChI is InChI=1S/C21H21ClO2S/c1-10-7-12(8-15(22)20(10)24)16(23)5-6-17-13-9-14-19(21(14,3)4)18(13)11(2)25-17/h5-8,14,19,24H,9H2,1-4H3/t14-,19-/m1/s1. The lowest BCUT2D eigenvalue weighted by Gasteiger charge is -2.09. The summed E-state index contributed by atoms with van der Waals surface area (Å²) in [5.74, 6) is 1.42. The van der Waals surface area contributed by atoms with Crippen LogP contribution in [0.3, 0.4) is 0 Å². The van der Waals surface area contributed by atoms with Crippen LogP contribution in [0.4, 0.5) is 0 Å². The Morgan fingerprint density at radius 2 is 2.08 bits per heavy atom. The Bertz CT molecular complexity index is 913. The van der Waals surface area contributed by atoms with E-state index in [4.69, 9.17) is 11.6 Å². The minimum Gasteiger partial charge on any atom is -0.506 e. The van der Waals surface area contributed by atoms with Crippen molar-refractivity contribution in [3.8, 4) is 5.75 Å². The molecule has 0 saturated heterocycles. The van der Waals surface area contributed by atoms with Crippen molar-refractivity contribution < 1.29 is 9.90 Å². The van der Waals surface area contributed by atoms with Crippen molar-refractivity contribution in [2.24, 2.45) is 11.3 Å². The van der Waals surface area contributed by atoms with E-state index >= 15 is 0 Å². The molecule has 1 heterocycles. The number of benzene rings is 1. The first-order valence-corrected chi connectivity index (χ1v) is 9.75. The average Bonchev–Trinajstić information content (AvgIpc) is 2.90. The molecule has 0 unspecified atom stereocenters. The molecule has 2 aliphatic carbocycles. The van der Waals surface area contributed by atoms with Crippen molar-refractivity contribution >= 4 is 34.8 Å². The van der Waals surface area contributed by atoms with Gasteiger partial charge in [0.2, 0.25) is 0 Å². The second-order valence-corrected chi connectivity index (χ2v) is 9.51. The first-order valence-electron chi connectivity index (χ1n) is 8.55. The highest BCUT2D eigenvalue weighted by Gasteiger charge is 2.63. The third-order valence-electron chi connectivity index (χ3n) is 5.97. The zero-order chi connectivity index (χ0) is 18.1. The Balaban J connectivity index is 1.61. The molecule has 2 aromatic rings. The Hall–Kier alpha value is -1.58. The fourth-order valence-corrected chi connectivity index (χ4v) is 5.83. The zero-order valence-corrected chi connectivity index (χ0v) is 16.4. The number of thiophene rings is 1. The topological polar surface area (TPSA) is 37.3 Å². The van der Waals surface area contributed by atoms with E-state index in [2.05, 4.69) is 20.8 Å². The summed E-state index contributed by atoms with van der Waals surface area (Å²) in [5.41, 5.74) is 4.54. The van der Waals surface area contributed by atoms with Crippen LogP contribution in [-0.2, 0) is 6.42 Å². The Morgan fingerprint density at radius 3 is 2.76 bits per heavy atom. The molecule has 0 aliphatic heterocycles. The van der Waals surface area contributed by atoms with E-state index in [0.717, 1.165) is 12.3 Å². The number of phenols is 1. The van der Waals surface area contributed by atoms with Crippen molar-refractivity contribution in [2.45, 2.75) is 40.0 Å². The fourth-order valence-electron chi connectivity index (χ4n) is 4.42. The minimum atomic E-state index is -0.0895. The summed E-state index contributed by atoms with van der Waals surface area (Å²) in [6.07, 6.45) is 4.71. The van der Waals surface area contributed by atoms with Gasteiger partial charge in [-0.05, 0) is 78.5 Å². The largest absolute Gasteiger partial charge is 0.506 e. The highest BCUT2D eigenvalue weighted by molar-refractivity contribution is 7.13.